The number of alkyl halides is 2. The number of halogens is 5. The zero-order valence-electron chi connectivity index (χ0n) is 17.0. The number of hydrogen-bond donors (Lipinski definition) is 3. The van der Waals surface area contributed by atoms with Gasteiger partial charge in [-0.3, -0.25) is 9.59 Å². The second-order valence-corrected chi connectivity index (χ2v) is 10.2. The van der Waals surface area contributed by atoms with Gasteiger partial charge in [-0.15, -0.1) is 23.2 Å². The fourth-order valence-electron chi connectivity index (χ4n) is 3.63. The highest BCUT2D eigenvalue weighted by Gasteiger charge is 2.67. The highest BCUT2D eigenvalue weighted by Crippen LogP contribution is 2.65. The first-order valence-corrected chi connectivity index (χ1v) is 11.7. The van der Waals surface area contributed by atoms with Crippen LogP contribution >= 0.6 is 58.0 Å². The van der Waals surface area contributed by atoms with Gasteiger partial charge in [-0.1, -0.05) is 53.0 Å². The van der Waals surface area contributed by atoms with Crippen LogP contribution in [0.15, 0.2) is 60.7 Å². The number of carbonyl (C=O) groups excluding carboxylic acids is 2. The van der Waals surface area contributed by atoms with E-state index in [9.17, 15) is 9.59 Å². The molecule has 34 heavy (non-hydrogen) atoms. The number of para-hydroxylation sites is 1. The summed E-state index contributed by atoms with van der Waals surface area (Å²) in [4.78, 5) is 29.8. The Morgan fingerprint density at radius 2 is 1.50 bits per heavy atom. The smallest absolute Gasteiger partial charge is 0.257 e. The van der Waals surface area contributed by atoms with Crippen molar-refractivity contribution in [2.24, 2.45) is 5.92 Å². The maximum Gasteiger partial charge on any atom is 0.257 e. The first kappa shape index (κ1) is 24.9. The lowest BCUT2D eigenvalue weighted by Gasteiger charge is -2.10. The van der Waals surface area contributed by atoms with Crippen molar-refractivity contribution in [1.29, 1.82) is 0 Å². The molecule has 1 saturated carbocycles. The first-order chi connectivity index (χ1) is 16.1. The number of amides is 2. The third-order valence-electron chi connectivity index (χ3n) is 5.32. The van der Waals surface area contributed by atoms with Crippen molar-refractivity contribution in [1.82, 2.24) is 0 Å². The molecular formula is C23H15Cl5N2O4. The van der Waals surface area contributed by atoms with Crippen LogP contribution in [0.4, 0.5) is 11.4 Å². The van der Waals surface area contributed by atoms with E-state index in [0.717, 1.165) is 0 Å². The van der Waals surface area contributed by atoms with Crippen LogP contribution in [0.2, 0.25) is 15.1 Å². The summed E-state index contributed by atoms with van der Waals surface area (Å²) < 4.78 is -1.42. The Morgan fingerprint density at radius 1 is 0.853 bits per heavy atom. The van der Waals surface area contributed by atoms with Gasteiger partial charge in [0.2, 0.25) is 11.7 Å². The monoisotopic (exact) mass is 558 g/mol. The van der Waals surface area contributed by atoms with Crippen LogP contribution in [-0.2, 0) is 4.79 Å². The zero-order valence-corrected chi connectivity index (χ0v) is 20.8. The number of hydrogen-bond acceptors (Lipinski definition) is 4. The SMILES string of the molecule is O=C(Nc1ccccc1)c1cc(NC(=O)C2C(c3cc(Cl)c(OO)c(Cl)c3)C2(Cl)Cl)ccc1Cl. The number of carbonyl (C=O) groups is 2. The Bertz CT molecular complexity index is 1250. The minimum atomic E-state index is -1.42. The van der Waals surface area contributed by atoms with Gasteiger partial charge < -0.3 is 15.5 Å². The lowest BCUT2D eigenvalue weighted by atomic mass is 10.1. The van der Waals surface area contributed by atoms with Crippen LogP contribution in [-0.4, -0.2) is 21.4 Å². The Hall–Kier alpha value is -2.19. The van der Waals surface area contributed by atoms with Crippen molar-refractivity contribution in [3.63, 3.8) is 0 Å². The van der Waals surface area contributed by atoms with Crippen LogP contribution in [0.3, 0.4) is 0 Å². The molecule has 0 aliphatic heterocycles. The van der Waals surface area contributed by atoms with Crippen LogP contribution in [0.1, 0.15) is 21.8 Å². The minimum absolute atomic E-state index is 0.0342. The minimum Gasteiger partial charge on any atom is -0.337 e. The van der Waals surface area contributed by atoms with E-state index in [4.69, 9.17) is 63.3 Å². The first-order valence-electron chi connectivity index (χ1n) is 9.78. The number of anilines is 2. The predicted molar refractivity (Wildman–Crippen MR) is 135 cm³/mol. The molecule has 3 aromatic rings. The zero-order chi connectivity index (χ0) is 24.6. The molecule has 0 aromatic heterocycles. The summed E-state index contributed by atoms with van der Waals surface area (Å²) in [5.41, 5.74) is 1.61. The van der Waals surface area contributed by atoms with Gasteiger partial charge in [0.1, 0.15) is 4.33 Å². The van der Waals surface area contributed by atoms with Crippen molar-refractivity contribution in [2.45, 2.75) is 10.3 Å². The third kappa shape index (κ3) is 4.93. The van der Waals surface area contributed by atoms with Crippen LogP contribution < -0.4 is 15.5 Å². The topological polar surface area (TPSA) is 87.7 Å². The molecule has 3 aromatic carbocycles. The molecule has 2 amide bonds. The lowest BCUT2D eigenvalue weighted by Crippen LogP contribution is -2.18. The van der Waals surface area contributed by atoms with Gasteiger partial charge in [-0.05, 0) is 48.0 Å². The summed E-state index contributed by atoms with van der Waals surface area (Å²) in [7, 11) is 0. The van der Waals surface area contributed by atoms with Gasteiger partial charge >= 0.3 is 0 Å². The number of benzene rings is 3. The van der Waals surface area contributed by atoms with Crippen LogP contribution in [0.5, 0.6) is 5.75 Å². The Kier molecular flexibility index (Phi) is 7.20. The second kappa shape index (κ2) is 9.82. The van der Waals surface area contributed by atoms with Crippen LogP contribution in [0.25, 0.3) is 0 Å². The quantitative estimate of drug-likeness (QED) is 0.168. The molecule has 2 atom stereocenters. The van der Waals surface area contributed by atoms with E-state index in [0.29, 0.717) is 16.9 Å². The van der Waals surface area contributed by atoms with E-state index < -0.39 is 28.0 Å². The van der Waals surface area contributed by atoms with Gasteiger partial charge in [-0.2, -0.15) is 0 Å². The summed E-state index contributed by atoms with van der Waals surface area (Å²) in [5, 5.41) is 14.6. The van der Waals surface area contributed by atoms with Crippen molar-refractivity contribution >= 4 is 81.2 Å². The molecule has 4 rings (SSSR count). The van der Waals surface area contributed by atoms with Gasteiger partial charge in [0.25, 0.3) is 5.91 Å². The predicted octanol–water partition coefficient (Wildman–Crippen LogP) is 7.28. The van der Waals surface area contributed by atoms with Gasteiger partial charge in [0.05, 0.1) is 26.5 Å². The van der Waals surface area contributed by atoms with E-state index in [1.165, 1.54) is 24.3 Å². The molecule has 1 aliphatic carbocycles. The highest BCUT2D eigenvalue weighted by atomic mass is 35.5. The normalized spacial score (nSPS) is 18.2. The number of nitrogens with one attached hydrogen (secondary N) is 2. The molecule has 176 valence electrons. The summed E-state index contributed by atoms with van der Waals surface area (Å²) in [6, 6.07) is 16.3. The van der Waals surface area contributed by atoms with E-state index in [1.54, 1.807) is 30.3 Å². The molecule has 6 nitrogen and oxygen atoms in total. The summed E-state index contributed by atoms with van der Waals surface area (Å²) in [6.45, 7) is 0. The van der Waals surface area contributed by atoms with E-state index >= 15 is 0 Å². The average molecular weight is 561 g/mol. The van der Waals surface area contributed by atoms with E-state index in [2.05, 4.69) is 15.5 Å². The molecule has 0 spiro atoms. The molecule has 11 heteroatoms. The molecule has 1 aliphatic rings. The number of rotatable bonds is 6. The molecule has 2 unspecified atom stereocenters. The largest absolute Gasteiger partial charge is 0.337 e. The summed E-state index contributed by atoms with van der Waals surface area (Å²) in [6.07, 6.45) is 0. The van der Waals surface area contributed by atoms with Gasteiger partial charge in [0.15, 0.2) is 0 Å². The molecule has 3 N–H and O–H groups in total. The molecule has 0 saturated heterocycles. The second-order valence-electron chi connectivity index (χ2n) is 7.54. The molecular weight excluding hydrogens is 546 g/mol. The summed E-state index contributed by atoms with van der Waals surface area (Å²) in [5.74, 6) is -2.48. The maximum atomic E-state index is 13.0. The Labute approximate surface area is 219 Å². The molecule has 0 heterocycles. The fourth-order valence-corrected chi connectivity index (χ4v) is 5.24. The third-order valence-corrected chi connectivity index (χ3v) is 7.15. The van der Waals surface area contributed by atoms with E-state index in [-0.39, 0.29) is 26.4 Å². The van der Waals surface area contributed by atoms with Crippen molar-refractivity contribution < 1.29 is 19.7 Å². The van der Waals surface area contributed by atoms with Crippen molar-refractivity contribution in [3.8, 4) is 5.75 Å². The van der Waals surface area contributed by atoms with E-state index in [1.807, 2.05) is 6.07 Å². The lowest BCUT2D eigenvalue weighted by molar-refractivity contribution is -0.137. The van der Waals surface area contributed by atoms with Crippen molar-refractivity contribution in [3.05, 3.63) is 86.9 Å². The molecule has 0 radical (unpaired) electrons. The summed E-state index contributed by atoms with van der Waals surface area (Å²) >= 11 is 31.1. The van der Waals surface area contributed by atoms with Crippen LogP contribution in [0, 0.1) is 5.92 Å². The Morgan fingerprint density at radius 3 is 2.12 bits per heavy atom. The highest BCUT2D eigenvalue weighted by molar-refractivity contribution is 6.53. The molecule has 1 fully saturated rings. The van der Waals surface area contributed by atoms with Crippen molar-refractivity contribution in [2.75, 3.05) is 10.6 Å². The standard InChI is InChI=1S/C23H15Cl5N2O4/c24-15-7-6-13(10-14(15)21(31)29-12-4-2-1-3-5-12)30-22(32)19-18(23(19,27)28)11-8-16(25)20(34-33)17(26)9-11/h1-10,18-19,33H,(H,29,31)(H,30,32). The average Bonchev–Trinajstić information content (AvgIpc) is 3.37. The molecule has 0 bridgehead atoms. The fraction of sp³-hybridized carbons (Fsp3) is 0.130. The van der Waals surface area contributed by atoms with Gasteiger partial charge in [-0.25, -0.2) is 5.26 Å². The van der Waals surface area contributed by atoms with Gasteiger partial charge in [0, 0.05) is 17.3 Å². The maximum absolute atomic E-state index is 13.0. The Balaban J connectivity index is 1.52.